The van der Waals surface area contributed by atoms with E-state index in [4.69, 9.17) is 21.2 Å². The molecule has 0 spiro atoms. The number of rotatable bonds is 2. The van der Waals surface area contributed by atoms with Gasteiger partial charge in [-0.05, 0) is 18.2 Å². The lowest BCUT2D eigenvalue weighted by atomic mass is 10.0. The molecule has 0 aliphatic carbocycles. The Morgan fingerprint density at radius 1 is 1.39 bits per heavy atom. The van der Waals surface area contributed by atoms with Crippen LogP contribution in [0.3, 0.4) is 0 Å². The smallest absolute Gasteiger partial charge is 0.417 e. The van der Waals surface area contributed by atoms with E-state index in [2.05, 4.69) is 10.1 Å². The molecule has 1 aliphatic heterocycles. The Morgan fingerprint density at radius 3 is 2.70 bits per heavy atom. The molecule has 0 unspecified atom stereocenters. The van der Waals surface area contributed by atoms with Gasteiger partial charge >= 0.3 is 12.3 Å². The Labute approximate surface area is 132 Å². The molecule has 1 N–H and O–H groups in total. The summed E-state index contributed by atoms with van der Waals surface area (Å²) in [7, 11) is 0. The number of amides is 1. The lowest BCUT2D eigenvalue weighted by molar-refractivity contribution is -0.137. The summed E-state index contributed by atoms with van der Waals surface area (Å²) < 4.78 is 44.2. The van der Waals surface area contributed by atoms with Crippen LogP contribution in [0.2, 0.25) is 5.02 Å². The normalized spacial score (nSPS) is 15.6. The number of carboxylic acid groups (broad SMARTS) is 1. The van der Waals surface area contributed by atoms with E-state index in [0.29, 0.717) is 0 Å². The maximum Gasteiger partial charge on any atom is 0.417 e. The van der Waals surface area contributed by atoms with Gasteiger partial charge < -0.3 is 14.5 Å². The van der Waals surface area contributed by atoms with Crippen LogP contribution in [0.5, 0.6) is 0 Å². The third kappa shape index (κ3) is 2.96. The molecule has 10 heteroatoms. The quantitative estimate of drug-likeness (QED) is 0.899. The first-order valence-electron chi connectivity index (χ1n) is 6.44. The van der Waals surface area contributed by atoms with Gasteiger partial charge in [0.25, 0.3) is 0 Å². The number of alkyl halides is 3. The van der Waals surface area contributed by atoms with Crippen LogP contribution in [0.4, 0.5) is 18.0 Å². The number of carbonyl (C=O) groups is 1. The average molecular weight is 348 g/mol. The minimum absolute atomic E-state index is 0.0547. The predicted molar refractivity (Wildman–Crippen MR) is 72.1 cm³/mol. The molecule has 0 radical (unpaired) electrons. The van der Waals surface area contributed by atoms with Crippen molar-refractivity contribution in [3.63, 3.8) is 0 Å². The predicted octanol–water partition coefficient (Wildman–Crippen LogP) is 3.49. The molecular formula is C13H9ClF3N3O3. The van der Waals surface area contributed by atoms with Crippen molar-refractivity contribution < 1.29 is 27.6 Å². The van der Waals surface area contributed by atoms with Gasteiger partial charge in [0.2, 0.25) is 11.7 Å². The van der Waals surface area contributed by atoms with Crippen LogP contribution in [-0.4, -0.2) is 39.3 Å². The van der Waals surface area contributed by atoms with Gasteiger partial charge in [-0.2, -0.15) is 18.2 Å². The van der Waals surface area contributed by atoms with E-state index in [1.165, 1.54) is 12.1 Å². The summed E-state index contributed by atoms with van der Waals surface area (Å²) in [5.41, 5.74) is -1.20. The summed E-state index contributed by atoms with van der Waals surface area (Å²) in [6, 6.07) is 3.27. The molecule has 1 aromatic heterocycles. The lowest BCUT2D eigenvalue weighted by Crippen LogP contribution is -2.47. The molecule has 1 amide bonds. The average Bonchev–Trinajstić information content (AvgIpc) is 2.84. The number of halogens is 4. The second-order valence-corrected chi connectivity index (χ2v) is 5.46. The first-order chi connectivity index (χ1) is 10.8. The van der Waals surface area contributed by atoms with E-state index in [1.54, 1.807) is 0 Å². The number of nitrogens with zero attached hydrogens (tertiary/aromatic N) is 3. The molecular weight excluding hydrogens is 339 g/mol. The van der Waals surface area contributed by atoms with E-state index in [1.807, 2.05) is 0 Å². The Balaban J connectivity index is 1.88. The zero-order chi connectivity index (χ0) is 16.8. The van der Waals surface area contributed by atoms with E-state index in [0.717, 1.165) is 11.0 Å². The van der Waals surface area contributed by atoms with Gasteiger partial charge in [0.1, 0.15) is 0 Å². The second kappa shape index (κ2) is 5.41. The zero-order valence-corrected chi connectivity index (χ0v) is 12.1. The third-order valence-electron chi connectivity index (χ3n) is 3.47. The van der Waals surface area contributed by atoms with Crippen molar-refractivity contribution in [2.45, 2.75) is 12.1 Å². The van der Waals surface area contributed by atoms with Crippen molar-refractivity contribution in [3.8, 4) is 11.4 Å². The van der Waals surface area contributed by atoms with Crippen molar-refractivity contribution >= 4 is 17.7 Å². The Hall–Kier alpha value is -2.29. The molecule has 0 atom stereocenters. The minimum atomic E-state index is -4.61. The minimum Gasteiger partial charge on any atom is -0.465 e. The van der Waals surface area contributed by atoms with Crippen molar-refractivity contribution in [1.82, 2.24) is 15.0 Å². The number of benzene rings is 1. The number of hydrogen-bond donors (Lipinski definition) is 1. The van der Waals surface area contributed by atoms with Gasteiger partial charge in [-0.25, -0.2) is 4.79 Å². The second-order valence-electron chi connectivity index (χ2n) is 5.03. The highest BCUT2D eigenvalue weighted by Gasteiger charge is 2.38. The van der Waals surface area contributed by atoms with E-state index >= 15 is 0 Å². The van der Waals surface area contributed by atoms with Gasteiger partial charge in [0, 0.05) is 23.7 Å². The Morgan fingerprint density at radius 2 is 2.09 bits per heavy atom. The summed E-state index contributed by atoms with van der Waals surface area (Å²) >= 11 is 5.62. The maximum atomic E-state index is 13.1. The van der Waals surface area contributed by atoms with Gasteiger partial charge in [-0.1, -0.05) is 16.8 Å². The monoisotopic (exact) mass is 347 g/mol. The first kappa shape index (κ1) is 15.6. The lowest BCUT2D eigenvalue weighted by Gasteiger charge is -2.34. The SMILES string of the molecule is O=C(O)N1CC(c2nc(-c3ccc(Cl)cc3C(F)(F)F)no2)C1. The summed E-state index contributed by atoms with van der Waals surface area (Å²) in [6.07, 6.45) is -5.68. The Bertz CT molecular complexity index is 756. The van der Waals surface area contributed by atoms with Crippen LogP contribution in [-0.2, 0) is 6.18 Å². The molecule has 0 saturated carbocycles. The van der Waals surface area contributed by atoms with E-state index in [-0.39, 0.29) is 41.3 Å². The van der Waals surface area contributed by atoms with Crippen molar-refractivity contribution in [2.24, 2.45) is 0 Å². The van der Waals surface area contributed by atoms with Gasteiger partial charge in [0.05, 0.1) is 11.5 Å². The highest BCUT2D eigenvalue weighted by molar-refractivity contribution is 6.30. The van der Waals surface area contributed by atoms with Crippen LogP contribution in [0.1, 0.15) is 17.4 Å². The fourth-order valence-corrected chi connectivity index (χ4v) is 2.42. The van der Waals surface area contributed by atoms with Crippen LogP contribution in [0.15, 0.2) is 22.7 Å². The number of likely N-dealkylation sites (tertiary alicyclic amines) is 1. The molecule has 1 saturated heterocycles. The van der Waals surface area contributed by atoms with Gasteiger partial charge in [-0.3, -0.25) is 0 Å². The fourth-order valence-electron chi connectivity index (χ4n) is 2.25. The molecule has 122 valence electrons. The number of aromatic nitrogens is 2. The zero-order valence-electron chi connectivity index (χ0n) is 11.3. The van der Waals surface area contributed by atoms with Crippen LogP contribution in [0.25, 0.3) is 11.4 Å². The standard InChI is InChI=1S/C13H9ClF3N3O3/c14-7-1-2-8(9(3-7)13(15,16)17)10-18-11(23-19-10)6-4-20(5-6)12(21)22/h1-3,6H,4-5H2,(H,21,22). The van der Waals surface area contributed by atoms with E-state index in [9.17, 15) is 18.0 Å². The van der Waals surface area contributed by atoms with Crippen molar-refractivity contribution in [2.75, 3.05) is 13.1 Å². The molecule has 2 aromatic rings. The molecule has 3 rings (SSSR count). The number of hydrogen-bond acceptors (Lipinski definition) is 4. The molecule has 6 nitrogen and oxygen atoms in total. The topological polar surface area (TPSA) is 79.5 Å². The fraction of sp³-hybridized carbons (Fsp3) is 0.308. The van der Waals surface area contributed by atoms with Crippen LogP contribution in [0, 0.1) is 0 Å². The molecule has 1 fully saturated rings. The highest BCUT2D eigenvalue weighted by atomic mass is 35.5. The molecule has 2 heterocycles. The summed E-state index contributed by atoms with van der Waals surface area (Å²) in [5.74, 6) is -0.410. The summed E-state index contributed by atoms with van der Waals surface area (Å²) in [6.45, 7) is 0.341. The molecule has 1 aliphatic rings. The molecule has 1 aromatic carbocycles. The van der Waals surface area contributed by atoms with Crippen molar-refractivity contribution in [1.29, 1.82) is 0 Å². The van der Waals surface area contributed by atoms with Crippen molar-refractivity contribution in [3.05, 3.63) is 34.7 Å². The highest BCUT2D eigenvalue weighted by Crippen LogP contribution is 2.38. The van der Waals surface area contributed by atoms with Gasteiger partial charge in [0.15, 0.2) is 0 Å². The summed E-state index contributed by atoms with van der Waals surface area (Å²) in [5, 5.41) is 12.3. The molecule has 23 heavy (non-hydrogen) atoms. The van der Waals surface area contributed by atoms with Crippen LogP contribution >= 0.6 is 11.6 Å². The first-order valence-corrected chi connectivity index (χ1v) is 6.82. The molecule has 0 bridgehead atoms. The third-order valence-corrected chi connectivity index (χ3v) is 3.71. The Kier molecular flexibility index (Phi) is 3.67. The van der Waals surface area contributed by atoms with E-state index < -0.39 is 17.8 Å². The maximum absolute atomic E-state index is 13.1. The van der Waals surface area contributed by atoms with Gasteiger partial charge in [-0.15, -0.1) is 0 Å². The van der Waals surface area contributed by atoms with Crippen LogP contribution < -0.4 is 0 Å². The largest absolute Gasteiger partial charge is 0.465 e. The summed E-state index contributed by atoms with van der Waals surface area (Å²) in [4.78, 5) is 15.8.